The number of carbonyl (C=O) groups is 1. The molecule has 4 nitrogen and oxygen atoms in total. The van der Waals surface area contributed by atoms with Gasteiger partial charge in [-0.25, -0.2) is 9.37 Å². The van der Waals surface area contributed by atoms with Crippen molar-refractivity contribution in [1.82, 2.24) is 9.97 Å². The first-order chi connectivity index (χ1) is 7.74. The lowest BCUT2D eigenvalue weighted by Crippen LogP contribution is -1.90. The monoisotopic (exact) mass is 220 g/mol. The van der Waals surface area contributed by atoms with Crippen LogP contribution in [-0.2, 0) is 0 Å². The summed E-state index contributed by atoms with van der Waals surface area (Å²) in [4.78, 5) is 17.2. The Hall–Kier alpha value is -2.17. The molecule has 0 unspecified atom stereocenters. The first-order valence-electron chi connectivity index (χ1n) is 4.58. The van der Waals surface area contributed by atoms with E-state index in [-0.39, 0.29) is 5.82 Å². The van der Waals surface area contributed by atoms with Gasteiger partial charge >= 0.3 is 0 Å². The van der Waals surface area contributed by atoms with E-state index < -0.39 is 0 Å². The van der Waals surface area contributed by atoms with Crippen LogP contribution in [0.1, 0.15) is 10.5 Å². The number of H-pyrrole nitrogens is 1. The Morgan fingerprint density at radius 3 is 2.94 bits per heavy atom. The number of carbonyl (C=O) groups excluding carboxylic acids is 1. The SMILES string of the molecule is COc1ccc(F)cc1-c1ncc(C=O)[nH]1. The zero-order valence-corrected chi connectivity index (χ0v) is 8.53. The Kier molecular flexibility index (Phi) is 2.68. The van der Waals surface area contributed by atoms with E-state index in [1.807, 2.05) is 0 Å². The number of imidazole rings is 1. The van der Waals surface area contributed by atoms with Gasteiger partial charge in [0.25, 0.3) is 0 Å². The molecule has 0 saturated carbocycles. The average molecular weight is 220 g/mol. The molecule has 5 heteroatoms. The summed E-state index contributed by atoms with van der Waals surface area (Å²) in [5.74, 6) is 0.506. The minimum atomic E-state index is -0.389. The number of ether oxygens (including phenoxy) is 1. The molecule has 1 aromatic carbocycles. The molecule has 2 rings (SSSR count). The number of aldehydes is 1. The van der Waals surface area contributed by atoms with Gasteiger partial charge < -0.3 is 9.72 Å². The Labute approximate surface area is 91.1 Å². The topological polar surface area (TPSA) is 55.0 Å². The van der Waals surface area contributed by atoms with E-state index in [0.717, 1.165) is 0 Å². The summed E-state index contributed by atoms with van der Waals surface area (Å²) >= 11 is 0. The molecular weight excluding hydrogens is 211 g/mol. The zero-order chi connectivity index (χ0) is 11.5. The Morgan fingerprint density at radius 2 is 2.31 bits per heavy atom. The molecule has 2 aromatic rings. The maximum absolute atomic E-state index is 13.1. The number of hydrogen-bond donors (Lipinski definition) is 1. The minimum absolute atomic E-state index is 0.335. The number of nitrogens with zero attached hydrogens (tertiary/aromatic N) is 1. The van der Waals surface area contributed by atoms with Crippen LogP contribution in [0.2, 0.25) is 0 Å². The van der Waals surface area contributed by atoms with Crippen LogP contribution in [0.5, 0.6) is 5.75 Å². The summed E-state index contributed by atoms with van der Waals surface area (Å²) in [6.45, 7) is 0. The van der Waals surface area contributed by atoms with E-state index in [1.165, 1.54) is 31.5 Å². The van der Waals surface area contributed by atoms with Gasteiger partial charge in [-0.15, -0.1) is 0 Å². The molecule has 0 fully saturated rings. The van der Waals surface area contributed by atoms with E-state index in [4.69, 9.17) is 4.74 Å². The van der Waals surface area contributed by atoms with Gasteiger partial charge in [0.2, 0.25) is 0 Å². The smallest absolute Gasteiger partial charge is 0.167 e. The quantitative estimate of drug-likeness (QED) is 0.805. The summed E-state index contributed by atoms with van der Waals surface area (Å²) in [5, 5.41) is 0. The lowest BCUT2D eigenvalue weighted by atomic mass is 10.2. The van der Waals surface area contributed by atoms with Crippen LogP contribution in [0.4, 0.5) is 4.39 Å². The van der Waals surface area contributed by atoms with E-state index >= 15 is 0 Å². The second-order valence-electron chi connectivity index (χ2n) is 3.15. The summed E-state index contributed by atoms with van der Waals surface area (Å²) in [6, 6.07) is 4.10. The van der Waals surface area contributed by atoms with Gasteiger partial charge in [-0.2, -0.15) is 0 Å². The number of aromatic nitrogens is 2. The number of benzene rings is 1. The molecule has 0 aliphatic rings. The molecule has 0 saturated heterocycles. The van der Waals surface area contributed by atoms with Gasteiger partial charge in [-0.05, 0) is 18.2 Å². The molecule has 0 aliphatic carbocycles. The molecule has 0 amide bonds. The van der Waals surface area contributed by atoms with E-state index in [2.05, 4.69) is 9.97 Å². The highest BCUT2D eigenvalue weighted by atomic mass is 19.1. The third-order valence-electron chi connectivity index (χ3n) is 2.14. The van der Waals surface area contributed by atoms with Crippen molar-refractivity contribution in [2.24, 2.45) is 0 Å². The van der Waals surface area contributed by atoms with Gasteiger partial charge in [0.1, 0.15) is 17.4 Å². The first kappa shape index (κ1) is 10.4. The van der Waals surface area contributed by atoms with Gasteiger partial charge in [0, 0.05) is 0 Å². The van der Waals surface area contributed by atoms with Gasteiger partial charge in [0.15, 0.2) is 6.29 Å². The molecule has 16 heavy (non-hydrogen) atoms. The number of nitrogens with one attached hydrogen (secondary N) is 1. The van der Waals surface area contributed by atoms with Gasteiger partial charge in [-0.3, -0.25) is 4.79 Å². The van der Waals surface area contributed by atoms with Crippen LogP contribution in [0.25, 0.3) is 11.4 Å². The average Bonchev–Trinajstić information content (AvgIpc) is 2.77. The molecule has 0 aliphatic heterocycles. The van der Waals surface area contributed by atoms with Crippen LogP contribution in [0.15, 0.2) is 24.4 Å². The van der Waals surface area contributed by atoms with Crippen molar-refractivity contribution in [1.29, 1.82) is 0 Å². The summed E-state index contributed by atoms with van der Waals surface area (Å²) < 4.78 is 18.2. The first-order valence-corrected chi connectivity index (χ1v) is 4.58. The molecule has 82 valence electrons. The molecule has 1 N–H and O–H groups in total. The highest BCUT2D eigenvalue weighted by Gasteiger charge is 2.10. The predicted octanol–water partition coefficient (Wildman–Crippen LogP) is 2.04. The summed E-state index contributed by atoms with van der Waals surface area (Å²) in [7, 11) is 1.49. The molecule has 1 aromatic heterocycles. The maximum Gasteiger partial charge on any atom is 0.167 e. The van der Waals surface area contributed by atoms with Crippen LogP contribution in [0, 0.1) is 5.82 Å². The van der Waals surface area contributed by atoms with Crippen molar-refractivity contribution in [3.05, 3.63) is 35.9 Å². The van der Waals surface area contributed by atoms with Crippen molar-refractivity contribution in [2.75, 3.05) is 7.11 Å². The molecule has 0 bridgehead atoms. The van der Waals surface area contributed by atoms with Crippen LogP contribution in [-0.4, -0.2) is 23.4 Å². The molecular formula is C11H9FN2O2. The fourth-order valence-electron chi connectivity index (χ4n) is 1.40. The van der Waals surface area contributed by atoms with Crippen molar-refractivity contribution < 1.29 is 13.9 Å². The van der Waals surface area contributed by atoms with Crippen molar-refractivity contribution >= 4 is 6.29 Å². The number of aromatic amines is 1. The lowest BCUT2D eigenvalue weighted by Gasteiger charge is -2.05. The Balaban J connectivity index is 2.53. The van der Waals surface area contributed by atoms with Crippen molar-refractivity contribution in [3.8, 4) is 17.1 Å². The third kappa shape index (κ3) is 1.79. The second-order valence-corrected chi connectivity index (χ2v) is 3.15. The van der Waals surface area contributed by atoms with Crippen LogP contribution >= 0.6 is 0 Å². The summed E-state index contributed by atoms with van der Waals surface area (Å²) in [5.41, 5.74) is 0.817. The fourth-order valence-corrected chi connectivity index (χ4v) is 1.40. The zero-order valence-electron chi connectivity index (χ0n) is 8.53. The molecule has 0 atom stereocenters. The molecule has 0 radical (unpaired) electrons. The van der Waals surface area contributed by atoms with Gasteiger partial charge in [0.05, 0.1) is 24.6 Å². The molecule has 0 spiro atoms. The van der Waals surface area contributed by atoms with Crippen LogP contribution in [0.3, 0.4) is 0 Å². The van der Waals surface area contributed by atoms with Crippen molar-refractivity contribution in [2.45, 2.75) is 0 Å². The summed E-state index contributed by atoms with van der Waals surface area (Å²) in [6.07, 6.45) is 2.02. The standard InChI is InChI=1S/C11H9FN2O2/c1-16-10-3-2-7(12)4-9(10)11-13-5-8(6-15)14-11/h2-6H,1H3,(H,13,14). The minimum Gasteiger partial charge on any atom is -0.496 e. The fraction of sp³-hybridized carbons (Fsp3) is 0.0909. The lowest BCUT2D eigenvalue weighted by molar-refractivity contribution is 0.111. The van der Waals surface area contributed by atoms with Crippen LogP contribution < -0.4 is 4.74 Å². The Morgan fingerprint density at radius 1 is 1.50 bits per heavy atom. The van der Waals surface area contributed by atoms with E-state index in [0.29, 0.717) is 29.1 Å². The van der Waals surface area contributed by atoms with Gasteiger partial charge in [-0.1, -0.05) is 0 Å². The number of hydrogen-bond acceptors (Lipinski definition) is 3. The van der Waals surface area contributed by atoms with E-state index in [1.54, 1.807) is 0 Å². The maximum atomic E-state index is 13.1. The normalized spacial score (nSPS) is 10.1. The van der Waals surface area contributed by atoms with Crippen molar-refractivity contribution in [3.63, 3.8) is 0 Å². The Bertz CT molecular complexity index is 522. The number of rotatable bonds is 3. The third-order valence-corrected chi connectivity index (χ3v) is 2.14. The number of halogens is 1. The largest absolute Gasteiger partial charge is 0.496 e. The molecule has 1 heterocycles. The predicted molar refractivity (Wildman–Crippen MR) is 55.9 cm³/mol. The number of methoxy groups -OCH3 is 1. The van der Waals surface area contributed by atoms with E-state index in [9.17, 15) is 9.18 Å². The highest BCUT2D eigenvalue weighted by Crippen LogP contribution is 2.28. The highest BCUT2D eigenvalue weighted by molar-refractivity contribution is 5.74. The second kappa shape index (κ2) is 4.14.